The SMILES string of the molecule is CCOC(=O)C1Cc2ccccc2-c2nnc(N3CCC(Oc4ncccn4)CC3)cc21. The topological polar surface area (TPSA) is 90.3 Å². The Labute approximate surface area is 186 Å². The first kappa shape index (κ1) is 20.4. The molecule has 1 aromatic carbocycles. The largest absolute Gasteiger partial charge is 0.466 e. The van der Waals surface area contributed by atoms with Gasteiger partial charge in [-0.3, -0.25) is 4.79 Å². The van der Waals surface area contributed by atoms with Gasteiger partial charge in [-0.05, 0) is 36.6 Å². The van der Waals surface area contributed by atoms with Crippen molar-refractivity contribution in [3.63, 3.8) is 0 Å². The van der Waals surface area contributed by atoms with Gasteiger partial charge in [-0.1, -0.05) is 24.3 Å². The first-order valence-electron chi connectivity index (χ1n) is 11.0. The highest BCUT2D eigenvalue weighted by Gasteiger charge is 2.33. The monoisotopic (exact) mass is 431 g/mol. The molecule has 1 atom stereocenters. The highest BCUT2D eigenvalue weighted by molar-refractivity contribution is 5.85. The average Bonchev–Trinajstić information content (AvgIpc) is 2.84. The highest BCUT2D eigenvalue weighted by atomic mass is 16.5. The van der Waals surface area contributed by atoms with E-state index in [4.69, 9.17) is 9.47 Å². The first-order chi connectivity index (χ1) is 15.7. The van der Waals surface area contributed by atoms with Crippen molar-refractivity contribution < 1.29 is 14.3 Å². The zero-order chi connectivity index (χ0) is 21.9. The molecule has 32 heavy (non-hydrogen) atoms. The number of esters is 1. The maximum absolute atomic E-state index is 12.8. The number of carbonyl (C=O) groups is 1. The highest BCUT2D eigenvalue weighted by Crippen LogP contribution is 2.40. The number of nitrogens with zero attached hydrogens (tertiary/aromatic N) is 5. The van der Waals surface area contributed by atoms with E-state index in [0.29, 0.717) is 19.0 Å². The van der Waals surface area contributed by atoms with Gasteiger partial charge in [0.2, 0.25) is 0 Å². The van der Waals surface area contributed by atoms with Crippen LogP contribution in [0.15, 0.2) is 48.8 Å². The summed E-state index contributed by atoms with van der Waals surface area (Å²) in [5.41, 5.74) is 3.80. The number of piperidine rings is 1. The Kier molecular flexibility index (Phi) is 5.66. The first-order valence-corrected chi connectivity index (χ1v) is 11.0. The molecule has 5 rings (SSSR count). The number of fused-ring (bicyclic) bond motifs is 3. The summed E-state index contributed by atoms with van der Waals surface area (Å²) in [4.78, 5) is 23.2. The van der Waals surface area contributed by atoms with Crippen LogP contribution in [0.5, 0.6) is 6.01 Å². The van der Waals surface area contributed by atoms with Crippen LogP contribution in [0.3, 0.4) is 0 Å². The lowest BCUT2D eigenvalue weighted by Crippen LogP contribution is -2.39. The molecule has 1 fully saturated rings. The number of rotatable bonds is 5. The summed E-state index contributed by atoms with van der Waals surface area (Å²) in [6.45, 7) is 3.76. The summed E-state index contributed by atoms with van der Waals surface area (Å²) in [6.07, 6.45) is 5.71. The van der Waals surface area contributed by atoms with E-state index in [1.807, 2.05) is 37.3 Å². The van der Waals surface area contributed by atoms with Crippen molar-refractivity contribution in [2.45, 2.75) is 38.2 Å². The molecule has 3 aromatic rings. The van der Waals surface area contributed by atoms with Crippen molar-refractivity contribution >= 4 is 11.8 Å². The molecule has 0 saturated carbocycles. The van der Waals surface area contributed by atoms with Gasteiger partial charge in [0.1, 0.15) is 6.10 Å². The van der Waals surface area contributed by atoms with E-state index in [-0.39, 0.29) is 18.0 Å². The Hall–Kier alpha value is -3.55. The van der Waals surface area contributed by atoms with Crippen molar-refractivity contribution in [3.8, 4) is 17.3 Å². The van der Waals surface area contributed by atoms with Crippen LogP contribution in [0.25, 0.3) is 11.3 Å². The standard InChI is InChI=1S/C24H25N5O3/c1-2-31-23(30)20-14-16-6-3-4-7-18(16)22-19(20)15-21(27-28-22)29-12-8-17(9-13-29)32-24-25-10-5-11-26-24/h3-7,10-11,15,17,20H,2,8-9,12-14H2,1H3. The second-order valence-electron chi connectivity index (χ2n) is 8.01. The number of benzene rings is 1. The third-order valence-electron chi connectivity index (χ3n) is 6.03. The van der Waals surface area contributed by atoms with Gasteiger partial charge >= 0.3 is 12.0 Å². The van der Waals surface area contributed by atoms with Gasteiger partial charge < -0.3 is 14.4 Å². The van der Waals surface area contributed by atoms with Gasteiger partial charge in [-0.2, -0.15) is 0 Å². The van der Waals surface area contributed by atoms with Crippen LogP contribution in [0.4, 0.5) is 5.82 Å². The molecule has 1 aliphatic carbocycles. The molecule has 0 N–H and O–H groups in total. The number of hydrogen-bond donors (Lipinski definition) is 0. The van der Waals surface area contributed by atoms with Crippen LogP contribution in [0, 0.1) is 0 Å². The van der Waals surface area contributed by atoms with Gasteiger partial charge in [0.25, 0.3) is 0 Å². The smallest absolute Gasteiger partial charge is 0.316 e. The molecule has 1 saturated heterocycles. The third-order valence-corrected chi connectivity index (χ3v) is 6.03. The van der Waals surface area contributed by atoms with Crippen LogP contribution in [0.2, 0.25) is 0 Å². The molecular weight excluding hydrogens is 406 g/mol. The second kappa shape index (κ2) is 8.90. The Bertz CT molecular complexity index is 1100. The molecule has 0 amide bonds. The molecule has 1 unspecified atom stereocenters. The van der Waals surface area contributed by atoms with Gasteiger partial charge in [0.05, 0.1) is 18.2 Å². The molecule has 0 spiro atoms. The molecule has 1 aliphatic heterocycles. The van der Waals surface area contributed by atoms with E-state index in [9.17, 15) is 4.79 Å². The summed E-state index contributed by atoms with van der Waals surface area (Å²) in [5, 5.41) is 9.09. The quantitative estimate of drug-likeness (QED) is 0.569. The summed E-state index contributed by atoms with van der Waals surface area (Å²) >= 11 is 0. The number of carbonyl (C=O) groups excluding carboxylic acids is 1. The zero-order valence-electron chi connectivity index (χ0n) is 18.0. The van der Waals surface area contributed by atoms with Crippen molar-refractivity contribution in [2.75, 3.05) is 24.6 Å². The third kappa shape index (κ3) is 4.00. The summed E-state index contributed by atoms with van der Waals surface area (Å²) in [5.74, 6) is 0.203. The molecule has 2 aliphatic rings. The minimum atomic E-state index is -0.370. The minimum Gasteiger partial charge on any atom is -0.466 e. The molecule has 0 radical (unpaired) electrons. The normalized spacial score (nSPS) is 17.9. The van der Waals surface area contributed by atoms with Crippen LogP contribution in [-0.4, -0.2) is 51.9 Å². The Morgan fingerprint density at radius 1 is 1.09 bits per heavy atom. The van der Waals surface area contributed by atoms with Crippen molar-refractivity contribution in [3.05, 3.63) is 59.9 Å². The number of hydrogen-bond acceptors (Lipinski definition) is 8. The maximum atomic E-state index is 12.8. The molecule has 2 aromatic heterocycles. The Morgan fingerprint density at radius 3 is 2.66 bits per heavy atom. The van der Waals surface area contributed by atoms with E-state index in [1.165, 1.54) is 0 Å². The van der Waals surface area contributed by atoms with Crippen LogP contribution in [-0.2, 0) is 16.0 Å². The fourth-order valence-electron chi connectivity index (χ4n) is 4.44. The van der Waals surface area contributed by atoms with E-state index in [2.05, 4.69) is 25.1 Å². The molecule has 8 nitrogen and oxygen atoms in total. The van der Waals surface area contributed by atoms with Crippen LogP contribution >= 0.6 is 0 Å². The number of ether oxygens (including phenoxy) is 2. The van der Waals surface area contributed by atoms with E-state index >= 15 is 0 Å². The Morgan fingerprint density at radius 2 is 1.88 bits per heavy atom. The lowest BCUT2D eigenvalue weighted by molar-refractivity contribution is -0.145. The average molecular weight is 431 g/mol. The fourth-order valence-corrected chi connectivity index (χ4v) is 4.44. The minimum absolute atomic E-state index is 0.0680. The van der Waals surface area contributed by atoms with E-state index in [1.54, 1.807) is 18.5 Å². The van der Waals surface area contributed by atoms with Gasteiger partial charge in [0, 0.05) is 43.9 Å². The number of anilines is 1. The zero-order valence-corrected chi connectivity index (χ0v) is 18.0. The molecule has 3 heterocycles. The van der Waals surface area contributed by atoms with E-state index < -0.39 is 0 Å². The summed E-state index contributed by atoms with van der Waals surface area (Å²) in [6, 6.07) is 12.3. The lowest BCUT2D eigenvalue weighted by Gasteiger charge is -2.33. The van der Waals surface area contributed by atoms with Crippen LogP contribution in [0.1, 0.15) is 36.8 Å². The molecule has 8 heteroatoms. The van der Waals surface area contributed by atoms with E-state index in [0.717, 1.165) is 54.1 Å². The Balaban J connectivity index is 1.37. The molecular formula is C24H25N5O3. The van der Waals surface area contributed by atoms with Gasteiger partial charge in [-0.15, -0.1) is 10.2 Å². The number of aromatic nitrogens is 4. The predicted octanol–water partition coefficient (Wildman–Crippen LogP) is 3.18. The fraction of sp³-hybridized carbons (Fsp3) is 0.375. The molecule has 0 bridgehead atoms. The summed E-state index contributed by atoms with van der Waals surface area (Å²) < 4.78 is 11.3. The molecule has 164 valence electrons. The predicted molar refractivity (Wildman–Crippen MR) is 118 cm³/mol. The maximum Gasteiger partial charge on any atom is 0.316 e. The van der Waals surface area contributed by atoms with Crippen molar-refractivity contribution in [2.24, 2.45) is 0 Å². The second-order valence-corrected chi connectivity index (χ2v) is 8.01. The van der Waals surface area contributed by atoms with Crippen molar-refractivity contribution in [1.82, 2.24) is 20.2 Å². The van der Waals surface area contributed by atoms with Gasteiger partial charge in [-0.25, -0.2) is 9.97 Å². The van der Waals surface area contributed by atoms with Gasteiger partial charge in [0.15, 0.2) is 5.82 Å². The summed E-state index contributed by atoms with van der Waals surface area (Å²) in [7, 11) is 0. The lowest BCUT2D eigenvalue weighted by atomic mass is 9.81. The van der Waals surface area contributed by atoms with Crippen LogP contribution < -0.4 is 9.64 Å². The van der Waals surface area contributed by atoms with Crippen molar-refractivity contribution in [1.29, 1.82) is 0 Å².